The monoisotopic (exact) mass is 1150 g/mol. The average molecular weight is 1150 g/mol. The number of unbranched alkanes of at least 4 members (excludes halogenated alkanes) is 55. The Morgan fingerprint density at radius 2 is 0.402 bits per heavy atom. The molecule has 1 atom stereocenters. The summed E-state index contributed by atoms with van der Waals surface area (Å²) in [5.74, 6) is -0.840. The van der Waals surface area contributed by atoms with Gasteiger partial charge in [0, 0.05) is 19.3 Å². The molecule has 82 heavy (non-hydrogen) atoms. The summed E-state index contributed by atoms with van der Waals surface area (Å²) < 4.78 is 17.0. The van der Waals surface area contributed by atoms with Crippen LogP contribution in [0.2, 0.25) is 0 Å². The molecule has 484 valence electrons. The normalized spacial score (nSPS) is 12.1. The van der Waals surface area contributed by atoms with Gasteiger partial charge >= 0.3 is 17.9 Å². The third-order valence-corrected chi connectivity index (χ3v) is 17.2. The summed E-state index contributed by atoms with van der Waals surface area (Å²) in [6.45, 7) is 6.72. The molecule has 0 aliphatic carbocycles. The summed E-state index contributed by atoms with van der Waals surface area (Å²) in [4.78, 5) is 38.5. The quantitative estimate of drug-likeness (QED) is 0.0261. The Morgan fingerprint density at radius 1 is 0.232 bits per heavy atom. The van der Waals surface area contributed by atoms with Crippen LogP contribution in [0, 0.1) is 0 Å². The molecule has 6 nitrogen and oxygen atoms in total. The lowest BCUT2D eigenvalue weighted by atomic mass is 10.0. The molecular weight excluding hydrogens is 1010 g/mol. The summed E-state index contributed by atoms with van der Waals surface area (Å²) >= 11 is 0. The molecule has 0 aromatic heterocycles. The zero-order valence-corrected chi connectivity index (χ0v) is 55.8. The maximum Gasteiger partial charge on any atom is 0.306 e. The van der Waals surface area contributed by atoms with Crippen molar-refractivity contribution in [1.29, 1.82) is 0 Å². The van der Waals surface area contributed by atoms with Crippen LogP contribution in [0.4, 0.5) is 0 Å². The number of hydrogen-bond donors (Lipinski definition) is 0. The zero-order valence-electron chi connectivity index (χ0n) is 55.8. The molecule has 0 N–H and O–H groups in total. The van der Waals surface area contributed by atoms with Crippen LogP contribution >= 0.6 is 0 Å². The number of ether oxygens (including phenoxy) is 3. The van der Waals surface area contributed by atoms with Crippen molar-refractivity contribution in [2.24, 2.45) is 0 Å². The lowest BCUT2D eigenvalue weighted by Gasteiger charge is -2.18. The van der Waals surface area contributed by atoms with E-state index in [0.29, 0.717) is 19.3 Å². The van der Waals surface area contributed by atoms with Crippen molar-refractivity contribution in [3.05, 3.63) is 24.3 Å². The molecule has 1 unspecified atom stereocenters. The Labute approximate surface area is 513 Å². The Hall–Kier alpha value is -2.11. The largest absolute Gasteiger partial charge is 0.462 e. The second kappa shape index (κ2) is 71.4. The molecule has 0 rings (SSSR count). The summed E-state index contributed by atoms with van der Waals surface area (Å²) in [5, 5.41) is 0. The first-order chi connectivity index (χ1) is 40.5. The topological polar surface area (TPSA) is 78.9 Å². The maximum absolute atomic E-state index is 13.0. The standard InChI is InChI=1S/C76H144O6/c1-4-7-10-13-16-19-22-25-28-31-33-35-36-37-38-39-41-42-45-48-51-54-57-60-63-66-69-75(78)81-72-73(71-80-74(77)68-65-62-59-56-53-50-47-44-30-27-24-21-18-15-12-9-6-3)82-76(79)70-67-64-61-58-55-52-49-46-43-40-34-32-29-26-23-20-17-14-11-8-5-2/h27,30,32,34,73H,4-26,28-29,31,33,35-72H2,1-3H3/b30-27-,34-32-. The van der Waals surface area contributed by atoms with Crippen molar-refractivity contribution in [3.63, 3.8) is 0 Å². The highest BCUT2D eigenvalue weighted by molar-refractivity contribution is 5.71. The fraction of sp³-hybridized carbons (Fsp3) is 0.908. The number of allylic oxidation sites excluding steroid dienone is 4. The van der Waals surface area contributed by atoms with Gasteiger partial charge in [0.15, 0.2) is 6.10 Å². The van der Waals surface area contributed by atoms with Crippen LogP contribution in [0.1, 0.15) is 425 Å². The van der Waals surface area contributed by atoms with Crippen molar-refractivity contribution < 1.29 is 28.6 Å². The Kier molecular flexibility index (Phi) is 69.5. The number of esters is 3. The van der Waals surface area contributed by atoms with E-state index in [1.807, 2.05) is 0 Å². The van der Waals surface area contributed by atoms with E-state index in [-0.39, 0.29) is 31.1 Å². The SMILES string of the molecule is CCCCCCCC/C=C\CCCCCCCCCC(=O)OCC(COC(=O)CCCCCCCCCCCCCCCCCCCCCCCCCCCC)OC(=O)CCCCCCCCCCC/C=C\CCCCCCCCCC. The summed E-state index contributed by atoms with van der Waals surface area (Å²) in [5.41, 5.74) is 0. The number of carbonyl (C=O) groups is 3. The first kappa shape index (κ1) is 79.9. The molecule has 0 aromatic carbocycles. The molecule has 0 aromatic rings. The second-order valence-electron chi connectivity index (χ2n) is 25.6. The van der Waals surface area contributed by atoms with E-state index in [9.17, 15) is 14.4 Å². The second-order valence-corrected chi connectivity index (χ2v) is 25.6. The first-order valence-corrected chi connectivity index (χ1v) is 37.3. The van der Waals surface area contributed by atoms with E-state index in [0.717, 1.165) is 57.8 Å². The lowest BCUT2D eigenvalue weighted by Crippen LogP contribution is -2.30. The fourth-order valence-corrected chi connectivity index (χ4v) is 11.6. The third kappa shape index (κ3) is 68.7. The van der Waals surface area contributed by atoms with Crippen LogP contribution in [0.5, 0.6) is 0 Å². The van der Waals surface area contributed by atoms with Crippen LogP contribution in [-0.2, 0) is 28.6 Å². The summed E-state index contributed by atoms with van der Waals surface area (Å²) in [6, 6.07) is 0. The first-order valence-electron chi connectivity index (χ1n) is 37.3. The van der Waals surface area contributed by atoms with Gasteiger partial charge in [-0.2, -0.15) is 0 Å². The predicted octanol–water partition coefficient (Wildman–Crippen LogP) is 25.7. The van der Waals surface area contributed by atoms with E-state index in [4.69, 9.17) is 14.2 Å². The molecule has 0 saturated heterocycles. The summed E-state index contributed by atoms with van der Waals surface area (Å²) in [7, 11) is 0. The van der Waals surface area contributed by atoms with Crippen LogP contribution in [0.25, 0.3) is 0 Å². The zero-order chi connectivity index (χ0) is 59.2. The average Bonchev–Trinajstić information content (AvgIpc) is 3.47. The van der Waals surface area contributed by atoms with E-state index in [1.54, 1.807) is 0 Å². The smallest absolute Gasteiger partial charge is 0.306 e. The van der Waals surface area contributed by atoms with Gasteiger partial charge in [0.2, 0.25) is 0 Å². The molecule has 0 saturated carbocycles. The van der Waals surface area contributed by atoms with Gasteiger partial charge in [-0.05, 0) is 70.6 Å². The van der Waals surface area contributed by atoms with Crippen molar-refractivity contribution in [3.8, 4) is 0 Å². The van der Waals surface area contributed by atoms with Gasteiger partial charge < -0.3 is 14.2 Å². The fourth-order valence-electron chi connectivity index (χ4n) is 11.6. The molecule has 0 aliphatic rings. The molecular formula is C76H144O6. The number of hydrogen-bond acceptors (Lipinski definition) is 6. The van der Waals surface area contributed by atoms with Gasteiger partial charge in [-0.3, -0.25) is 14.4 Å². The van der Waals surface area contributed by atoms with Gasteiger partial charge in [-0.15, -0.1) is 0 Å². The third-order valence-electron chi connectivity index (χ3n) is 17.2. The van der Waals surface area contributed by atoms with Crippen molar-refractivity contribution in [1.82, 2.24) is 0 Å². The Bertz CT molecular complexity index is 1320. The van der Waals surface area contributed by atoms with Crippen molar-refractivity contribution in [2.45, 2.75) is 431 Å². The van der Waals surface area contributed by atoms with E-state index in [1.165, 1.54) is 327 Å². The molecule has 0 amide bonds. The minimum absolute atomic E-state index is 0.0676. The molecule has 0 radical (unpaired) electrons. The Morgan fingerprint density at radius 3 is 0.610 bits per heavy atom. The molecule has 0 spiro atoms. The summed E-state index contributed by atoms with van der Waals surface area (Å²) in [6.07, 6.45) is 87.9. The minimum Gasteiger partial charge on any atom is -0.462 e. The van der Waals surface area contributed by atoms with Crippen LogP contribution in [-0.4, -0.2) is 37.2 Å². The van der Waals surface area contributed by atoms with E-state index >= 15 is 0 Å². The molecule has 0 fully saturated rings. The maximum atomic E-state index is 13.0. The van der Waals surface area contributed by atoms with Crippen LogP contribution in [0.15, 0.2) is 24.3 Å². The van der Waals surface area contributed by atoms with Gasteiger partial charge in [0.1, 0.15) is 13.2 Å². The van der Waals surface area contributed by atoms with Gasteiger partial charge in [-0.25, -0.2) is 0 Å². The van der Waals surface area contributed by atoms with Crippen LogP contribution < -0.4 is 0 Å². The van der Waals surface area contributed by atoms with E-state index < -0.39 is 6.10 Å². The van der Waals surface area contributed by atoms with Gasteiger partial charge in [0.05, 0.1) is 0 Å². The molecule has 0 heterocycles. The molecule has 0 aliphatic heterocycles. The Balaban J connectivity index is 4.26. The highest BCUT2D eigenvalue weighted by Crippen LogP contribution is 2.19. The predicted molar refractivity (Wildman–Crippen MR) is 358 cm³/mol. The highest BCUT2D eigenvalue weighted by atomic mass is 16.6. The van der Waals surface area contributed by atoms with Gasteiger partial charge in [-0.1, -0.05) is 360 Å². The van der Waals surface area contributed by atoms with Crippen molar-refractivity contribution in [2.75, 3.05) is 13.2 Å². The van der Waals surface area contributed by atoms with Crippen LogP contribution in [0.3, 0.4) is 0 Å². The van der Waals surface area contributed by atoms with E-state index in [2.05, 4.69) is 45.1 Å². The van der Waals surface area contributed by atoms with Gasteiger partial charge in [0.25, 0.3) is 0 Å². The highest BCUT2D eigenvalue weighted by Gasteiger charge is 2.20. The molecule has 6 heteroatoms. The lowest BCUT2D eigenvalue weighted by molar-refractivity contribution is -0.167. The van der Waals surface area contributed by atoms with Crippen molar-refractivity contribution >= 4 is 17.9 Å². The minimum atomic E-state index is -0.773. The number of carbonyl (C=O) groups excluding carboxylic acids is 3. The molecule has 0 bridgehead atoms. The number of rotatable bonds is 70.